The average molecular weight is 445 g/mol. The second-order valence-electron chi connectivity index (χ2n) is 3.90. The van der Waals surface area contributed by atoms with E-state index in [9.17, 15) is 21.6 Å². The summed E-state index contributed by atoms with van der Waals surface area (Å²) in [6.07, 6.45) is 0. The van der Waals surface area contributed by atoms with Gasteiger partial charge in [0, 0.05) is 15.0 Å². The third-order valence-corrected chi connectivity index (χ3v) is 5.40. The predicted octanol–water partition coefficient (Wildman–Crippen LogP) is 4.43. The van der Waals surface area contributed by atoms with Gasteiger partial charge < -0.3 is 0 Å². The summed E-state index contributed by atoms with van der Waals surface area (Å²) in [6, 6.07) is 5.05. The van der Waals surface area contributed by atoms with Crippen molar-refractivity contribution in [1.82, 2.24) is 0 Å². The highest BCUT2D eigenvalue weighted by Gasteiger charge is 2.25. The molecule has 2 aromatic carbocycles. The monoisotopic (exact) mass is 443 g/mol. The molecule has 0 aromatic heterocycles. The van der Waals surface area contributed by atoms with Gasteiger partial charge in [0.2, 0.25) is 0 Å². The van der Waals surface area contributed by atoms with Crippen LogP contribution in [0.4, 0.5) is 18.9 Å². The maximum absolute atomic E-state index is 13.7. The highest BCUT2D eigenvalue weighted by Crippen LogP contribution is 2.31. The molecule has 0 radical (unpaired) electrons. The maximum Gasteiger partial charge on any atom is 0.266 e. The second kappa shape index (κ2) is 5.98. The molecule has 0 heterocycles. The lowest BCUT2D eigenvalue weighted by atomic mass is 10.3. The van der Waals surface area contributed by atoms with Gasteiger partial charge in [-0.2, -0.15) is 0 Å². The quantitative estimate of drug-likeness (QED) is 0.761. The minimum atomic E-state index is -4.44. The summed E-state index contributed by atoms with van der Waals surface area (Å²) >= 11 is 5.77. The number of nitrogens with one attached hydrogen (secondary N) is 1. The average Bonchev–Trinajstić information content (AvgIpc) is 2.32. The summed E-state index contributed by atoms with van der Waals surface area (Å²) in [5.41, 5.74) is -0.367. The fraction of sp³-hybridized carbons (Fsp3) is 0. The van der Waals surface area contributed by atoms with Crippen molar-refractivity contribution in [2.75, 3.05) is 4.72 Å². The SMILES string of the molecule is O=S(=O)(Nc1c(F)cccc1Br)c1c(F)cc(F)cc1Br. The van der Waals surface area contributed by atoms with E-state index in [-0.39, 0.29) is 14.6 Å². The highest BCUT2D eigenvalue weighted by molar-refractivity contribution is 9.11. The molecule has 0 aliphatic carbocycles. The lowest BCUT2D eigenvalue weighted by Gasteiger charge is -2.12. The Morgan fingerprint density at radius 3 is 2.19 bits per heavy atom. The first-order chi connectivity index (χ1) is 9.72. The Balaban J connectivity index is 2.54. The van der Waals surface area contributed by atoms with Crippen LogP contribution in [0.2, 0.25) is 0 Å². The van der Waals surface area contributed by atoms with Crippen molar-refractivity contribution in [2.45, 2.75) is 4.90 Å². The number of hydrogen-bond acceptors (Lipinski definition) is 2. The van der Waals surface area contributed by atoms with Crippen LogP contribution in [0.5, 0.6) is 0 Å². The van der Waals surface area contributed by atoms with Gasteiger partial charge in [-0.1, -0.05) is 6.07 Å². The summed E-state index contributed by atoms with van der Waals surface area (Å²) in [7, 11) is -4.44. The number of hydrogen-bond donors (Lipinski definition) is 1. The molecule has 9 heteroatoms. The number of benzene rings is 2. The van der Waals surface area contributed by atoms with E-state index in [1.165, 1.54) is 12.1 Å². The van der Waals surface area contributed by atoms with Crippen LogP contribution in [0.1, 0.15) is 0 Å². The molecule has 0 saturated carbocycles. The van der Waals surface area contributed by atoms with Crippen LogP contribution in [0.15, 0.2) is 44.2 Å². The Kier molecular flexibility index (Phi) is 4.64. The highest BCUT2D eigenvalue weighted by atomic mass is 79.9. The van der Waals surface area contributed by atoms with E-state index in [2.05, 4.69) is 31.9 Å². The Bertz CT molecular complexity index is 769. The van der Waals surface area contributed by atoms with Crippen molar-refractivity contribution in [2.24, 2.45) is 0 Å². The van der Waals surface area contributed by atoms with Crippen molar-refractivity contribution in [3.8, 4) is 0 Å². The normalized spacial score (nSPS) is 11.5. The van der Waals surface area contributed by atoms with Gasteiger partial charge in [0.25, 0.3) is 10.0 Å². The van der Waals surface area contributed by atoms with Crippen molar-refractivity contribution in [3.05, 3.63) is 56.7 Å². The first kappa shape index (κ1) is 16.3. The Morgan fingerprint density at radius 1 is 0.952 bits per heavy atom. The molecule has 112 valence electrons. The number of halogens is 5. The van der Waals surface area contributed by atoms with Crippen molar-refractivity contribution < 1.29 is 21.6 Å². The fourth-order valence-corrected chi connectivity index (χ4v) is 4.40. The first-order valence-electron chi connectivity index (χ1n) is 5.34. The Morgan fingerprint density at radius 2 is 1.62 bits per heavy atom. The van der Waals surface area contributed by atoms with Gasteiger partial charge in [-0.25, -0.2) is 21.6 Å². The molecule has 3 nitrogen and oxygen atoms in total. The van der Waals surface area contributed by atoms with Crippen molar-refractivity contribution in [3.63, 3.8) is 0 Å². The maximum atomic E-state index is 13.7. The third-order valence-electron chi connectivity index (χ3n) is 2.43. The van der Waals surface area contributed by atoms with Gasteiger partial charge in [0.15, 0.2) is 0 Å². The van der Waals surface area contributed by atoms with E-state index < -0.39 is 32.4 Å². The van der Waals surface area contributed by atoms with E-state index in [1.807, 2.05) is 4.72 Å². The minimum Gasteiger partial charge on any atom is -0.275 e. The summed E-state index contributed by atoms with van der Waals surface area (Å²) in [6.45, 7) is 0. The number of para-hydroxylation sites is 1. The van der Waals surface area contributed by atoms with E-state index in [0.29, 0.717) is 6.07 Å². The van der Waals surface area contributed by atoms with Crippen LogP contribution in [-0.2, 0) is 10.0 Å². The zero-order valence-electron chi connectivity index (χ0n) is 10.0. The summed E-state index contributed by atoms with van der Waals surface area (Å²) in [4.78, 5) is -0.806. The van der Waals surface area contributed by atoms with Crippen LogP contribution < -0.4 is 4.72 Å². The summed E-state index contributed by atoms with van der Waals surface area (Å²) < 4.78 is 66.5. The van der Waals surface area contributed by atoms with Gasteiger partial charge in [-0.3, -0.25) is 4.72 Å². The molecule has 0 unspecified atom stereocenters. The van der Waals surface area contributed by atoms with E-state index in [0.717, 1.165) is 12.1 Å². The van der Waals surface area contributed by atoms with Crippen LogP contribution in [-0.4, -0.2) is 8.42 Å². The van der Waals surface area contributed by atoms with E-state index in [1.54, 1.807) is 0 Å². The predicted molar refractivity (Wildman–Crippen MR) is 79.0 cm³/mol. The molecule has 2 aromatic rings. The lowest BCUT2D eigenvalue weighted by molar-refractivity contribution is 0.548. The number of sulfonamides is 1. The zero-order chi connectivity index (χ0) is 15.8. The second-order valence-corrected chi connectivity index (χ2v) is 7.23. The standard InChI is InChI=1S/C12H6Br2F3NO2S/c13-7-2-1-3-9(16)11(7)18-21(19,20)12-8(14)4-6(15)5-10(12)17/h1-5,18H. The van der Waals surface area contributed by atoms with Crippen molar-refractivity contribution in [1.29, 1.82) is 0 Å². The van der Waals surface area contributed by atoms with Gasteiger partial charge >= 0.3 is 0 Å². The Hall–Kier alpha value is -1.06. The van der Waals surface area contributed by atoms with Crippen LogP contribution >= 0.6 is 31.9 Å². The number of anilines is 1. The molecule has 0 bridgehead atoms. The van der Waals surface area contributed by atoms with E-state index >= 15 is 0 Å². The van der Waals surface area contributed by atoms with E-state index in [4.69, 9.17) is 0 Å². The zero-order valence-corrected chi connectivity index (χ0v) is 14.0. The fourth-order valence-electron chi connectivity index (χ4n) is 1.57. The number of rotatable bonds is 3. The molecular formula is C12H6Br2F3NO2S. The molecule has 0 saturated heterocycles. The molecule has 21 heavy (non-hydrogen) atoms. The van der Waals surface area contributed by atoms with Crippen LogP contribution in [0.25, 0.3) is 0 Å². The molecule has 0 amide bonds. The summed E-state index contributed by atoms with van der Waals surface area (Å²) in [5, 5.41) is 0. The van der Waals surface area contributed by atoms with Gasteiger partial charge in [0.05, 0.1) is 5.69 Å². The smallest absolute Gasteiger partial charge is 0.266 e. The Labute approximate surface area is 135 Å². The molecule has 0 aliphatic rings. The topological polar surface area (TPSA) is 46.2 Å². The molecule has 0 aliphatic heterocycles. The molecule has 0 spiro atoms. The third kappa shape index (κ3) is 3.41. The molecule has 1 N–H and O–H groups in total. The van der Waals surface area contributed by atoms with Crippen LogP contribution in [0.3, 0.4) is 0 Å². The van der Waals surface area contributed by atoms with Gasteiger partial charge in [-0.05, 0) is 50.1 Å². The minimum absolute atomic E-state index is 0.143. The van der Waals surface area contributed by atoms with Crippen molar-refractivity contribution >= 4 is 47.6 Å². The molecule has 2 rings (SSSR count). The largest absolute Gasteiger partial charge is 0.275 e. The first-order valence-corrected chi connectivity index (χ1v) is 8.40. The lowest BCUT2D eigenvalue weighted by Crippen LogP contribution is -2.17. The van der Waals surface area contributed by atoms with Crippen LogP contribution in [0, 0.1) is 17.5 Å². The van der Waals surface area contributed by atoms with Gasteiger partial charge in [-0.15, -0.1) is 0 Å². The molecule has 0 atom stereocenters. The summed E-state index contributed by atoms with van der Waals surface area (Å²) in [5.74, 6) is -3.07. The molecule has 0 fully saturated rings. The van der Waals surface area contributed by atoms with Gasteiger partial charge in [0.1, 0.15) is 22.3 Å². The molecular weight excluding hydrogens is 439 g/mol.